The molecule has 3 rings (SSSR count). The fourth-order valence-corrected chi connectivity index (χ4v) is 2.17. The van der Waals surface area contributed by atoms with Crippen molar-refractivity contribution in [3.8, 4) is 5.69 Å². The lowest BCUT2D eigenvalue weighted by atomic mass is 9.82. The molecule has 0 unspecified atom stereocenters. The molecule has 1 aromatic carbocycles. The van der Waals surface area contributed by atoms with Crippen molar-refractivity contribution in [3.05, 3.63) is 42.5 Å². The van der Waals surface area contributed by atoms with Crippen LogP contribution in [0.1, 0.15) is 27.7 Å². The van der Waals surface area contributed by atoms with E-state index in [2.05, 4.69) is 5.10 Å². The molecule has 4 nitrogen and oxygen atoms in total. The second kappa shape index (κ2) is 4.68. The summed E-state index contributed by atoms with van der Waals surface area (Å²) in [5, 5.41) is 4.29. The summed E-state index contributed by atoms with van der Waals surface area (Å²) in [5.41, 5.74) is 0.878. The summed E-state index contributed by atoms with van der Waals surface area (Å²) in [6.45, 7) is 8.05. The summed E-state index contributed by atoms with van der Waals surface area (Å²) in [5.74, 6) is -0.267. The van der Waals surface area contributed by atoms with Gasteiger partial charge in [0.1, 0.15) is 5.82 Å². The van der Waals surface area contributed by atoms with Gasteiger partial charge in [-0.15, -0.1) is 0 Å². The van der Waals surface area contributed by atoms with E-state index in [1.54, 1.807) is 23.0 Å². The SMILES string of the molecule is CC1(C)OB(c2cnn(-c3ccc(F)cc3)c2)OC1(C)C. The van der Waals surface area contributed by atoms with Crippen LogP contribution in [0.5, 0.6) is 0 Å². The molecule has 1 aliphatic rings. The van der Waals surface area contributed by atoms with Crippen molar-refractivity contribution in [2.45, 2.75) is 38.9 Å². The molecule has 0 N–H and O–H groups in total. The molecule has 0 bridgehead atoms. The number of hydrogen-bond donors (Lipinski definition) is 0. The minimum atomic E-state index is -0.441. The van der Waals surface area contributed by atoms with Gasteiger partial charge in [0.2, 0.25) is 0 Å². The molecule has 1 fully saturated rings. The number of rotatable bonds is 2. The fraction of sp³-hybridized carbons (Fsp3) is 0.400. The highest BCUT2D eigenvalue weighted by molar-refractivity contribution is 6.62. The van der Waals surface area contributed by atoms with Crippen LogP contribution in [0.4, 0.5) is 4.39 Å². The summed E-state index contributed by atoms with van der Waals surface area (Å²) in [6.07, 6.45) is 3.56. The maximum absolute atomic E-state index is 13.0. The quantitative estimate of drug-likeness (QED) is 0.796. The fourth-order valence-electron chi connectivity index (χ4n) is 2.17. The predicted molar refractivity (Wildman–Crippen MR) is 79.2 cm³/mol. The van der Waals surface area contributed by atoms with Gasteiger partial charge in [0.05, 0.1) is 16.9 Å². The normalized spacial score (nSPS) is 20.0. The molecule has 1 aliphatic heterocycles. The van der Waals surface area contributed by atoms with Gasteiger partial charge in [-0.1, -0.05) is 0 Å². The van der Waals surface area contributed by atoms with Crippen molar-refractivity contribution in [3.63, 3.8) is 0 Å². The minimum Gasteiger partial charge on any atom is -0.399 e. The third-order valence-corrected chi connectivity index (χ3v) is 4.22. The molecule has 2 aromatic rings. The Hall–Kier alpha value is -1.66. The van der Waals surface area contributed by atoms with Gasteiger partial charge in [-0.3, -0.25) is 0 Å². The summed E-state index contributed by atoms with van der Waals surface area (Å²) < 4.78 is 26.6. The third-order valence-electron chi connectivity index (χ3n) is 4.22. The van der Waals surface area contributed by atoms with Crippen LogP contribution >= 0.6 is 0 Å². The highest BCUT2D eigenvalue weighted by Gasteiger charge is 2.52. The molecular formula is C15H18BFN2O2. The lowest BCUT2D eigenvalue weighted by molar-refractivity contribution is 0.00578. The summed E-state index contributed by atoms with van der Waals surface area (Å²) >= 11 is 0. The van der Waals surface area contributed by atoms with Crippen molar-refractivity contribution >= 4 is 12.6 Å². The standard InChI is InChI=1S/C15H18BFN2O2/c1-14(2)15(3,4)21-16(20-14)11-9-18-19(10-11)13-7-5-12(17)6-8-13/h5-10H,1-4H3. The molecule has 6 heteroatoms. The highest BCUT2D eigenvalue weighted by atomic mass is 19.1. The molecule has 0 aliphatic carbocycles. The maximum atomic E-state index is 13.0. The van der Waals surface area contributed by atoms with E-state index in [-0.39, 0.29) is 17.0 Å². The van der Waals surface area contributed by atoms with Crippen LogP contribution < -0.4 is 5.46 Å². The molecule has 0 spiro atoms. The highest BCUT2D eigenvalue weighted by Crippen LogP contribution is 2.36. The van der Waals surface area contributed by atoms with Crippen molar-refractivity contribution in [1.82, 2.24) is 9.78 Å². The van der Waals surface area contributed by atoms with E-state index in [1.807, 2.05) is 33.9 Å². The molecule has 110 valence electrons. The largest absolute Gasteiger partial charge is 0.498 e. The smallest absolute Gasteiger partial charge is 0.399 e. The molecule has 1 aromatic heterocycles. The zero-order valence-corrected chi connectivity index (χ0v) is 12.6. The van der Waals surface area contributed by atoms with Gasteiger partial charge in [-0.2, -0.15) is 5.10 Å². The van der Waals surface area contributed by atoms with E-state index < -0.39 is 7.12 Å². The van der Waals surface area contributed by atoms with E-state index >= 15 is 0 Å². The van der Waals surface area contributed by atoms with Crippen molar-refractivity contribution < 1.29 is 13.7 Å². The first-order valence-corrected chi connectivity index (χ1v) is 6.95. The molecule has 21 heavy (non-hydrogen) atoms. The van der Waals surface area contributed by atoms with Crippen LogP contribution in [0.2, 0.25) is 0 Å². The molecule has 1 saturated heterocycles. The van der Waals surface area contributed by atoms with Crippen molar-refractivity contribution in [2.75, 3.05) is 0 Å². The Morgan fingerprint density at radius 3 is 2.19 bits per heavy atom. The van der Waals surface area contributed by atoms with Crippen LogP contribution in [0.3, 0.4) is 0 Å². The Bertz CT molecular complexity index is 636. The Balaban J connectivity index is 1.85. The van der Waals surface area contributed by atoms with E-state index in [0.29, 0.717) is 0 Å². The Kier molecular flexibility index (Phi) is 3.18. The van der Waals surface area contributed by atoms with E-state index in [9.17, 15) is 4.39 Å². The first kappa shape index (κ1) is 14.3. The average Bonchev–Trinajstić information content (AvgIpc) is 2.94. The van der Waals surface area contributed by atoms with Crippen molar-refractivity contribution in [1.29, 1.82) is 0 Å². The Labute approximate surface area is 124 Å². The second-order valence-electron chi connectivity index (χ2n) is 6.28. The Morgan fingerprint density at radius 2 is 1.62 bits per heavy atom. The number of aromatic nitrogens is 2. The second-order valence-corrected chi connectivity index (χ2v) is 6.28. The zero-order valence-electron chi connectivity index (χ0n) is 12.6. The van der Waals surface area contributed by atoms with Gasteiger partial charge in [0.25, 0.3) is 0 Å². The van der Waals surface area contributed by atoms with Gasteiger partial charge in [-0.05, 0) is 52.0 Å². The molecule has 0 amide bonds. The van der Waals surface area contributed by atoms with Crippen LogP contribution in [0, 0.1) is 5.82 Å². The predicted octanol–water partition coefficient (Wildman–Crippen LogP) is 2.31. The van der Waals surface area contributed by atoms with Gasteiger partial charge in [0.15, 0.2) is 0 Å². The summed E-state index contributed by atoms with van der Waals surface area (Å²) in [7, 11) is -0.441. The first-order valence-electron chi connectivity index (χ1n) is 6.95. The van der Waals surface area contributed by atoms with Gasteiger partial charge in [-0.25, -0.2) is 9.07 Å². The molecule has 0 saturated carbocycles. The first-order chi connectivity index (χ1) is 9.78. The zero-order chi connectivity index (χ0) is 15.3. The molecule has 2 heterocycles. The molecular weight excluding hydrogens is 270 g/mol. The van der Waals surface area contributed by atoms with Gasteiger partial charge < -0.3 is 9.31 Å². The van der Waals surface area contributed by atoms with E-state index in [0.717, 1.165) is 11.2 Å². The summed E-state index contributed by atoms with van der Waals surface area (Å²) in [6, 6.07) is 6.17. The molecule has 0 atom stereocenters. The lowest BCUT2D eigenvalue weighted by Crippen LogP contribution is -2.41. The van der Waals surface area contributed by atoms with Crippen molar-refractivity contribution in [2.24, 2.45) is 0 Å². The molecule has 0 radical (unpaired) electrons. The number of halogens is 1. The lowest BCUT2D eigenvalue weighted by Gasteiger charge is -2.32. The summed E-state index contributed by atoms with van der Waals surface area (Å²) in [4.78, 5) is 0. The van der Waals surface area contributed by atoms with Crippen LogP contribution in [-0.2, 0) is 9.31 Å². The third kappa shape index (κ3) is 2.49. The topological polar surface area (TPSA) is 36.3 Å². The van der Waals surface area contributed by atoms with Crippen LogP contribution in [-0.4, -0.2) is 28.1 Å². The number of nitrogens with zero attached hydrogens (tertiary/aromatic N) is 2. The van der Waals surface area contributed by atoms with E-state index in [1.165, 1.54) is 12.1 Å². The Morgan fingerprint density at radius 1 is 1.05 bits per heavy atom. The van der Waals surface area contributed by atoms with Crippen LogP contribution in [0.15, 0.2) is 36.7 Å². The average molecular weight is 288 g/mol. The number of hydrogen-bond acceptors (Lipinski definition) is 3. The van der Waals surface area contributed by atoms with Gasteiger partial charge in [0, 0.05) is 17.9 Å². The van der Waals surface area contributed by atoms with E-state index in [4.69, 9.17) is 9.31 Å². The monoisotopic (exact) mass is 288 g/mol. The minimum absolute atomic E-state index is 0.267. The van der Waals surface area contributed by atoms with Gasteiger partial charge >= 0.3 is 7.12 Å². The maximum Gasteiger partial charge on any atom is 0.498 e. The number of benzene rings is 1. The van der Waals surface area contributed by atoms with Crippen LogP contribution in [0.25, 0.3) is 5.69 Å².